The summed E-state index contributed by atoms with van der Waals surface area (Å²) in [6.45, 7) is 0. The smallest absolute Gasteiger partial charge is 0.316 e. The molecule has 0 aliphatic carbocycles. The maximum absolute atomic E-state index is 11.5. The van der Waals surface area contributed by atoms with Crippen LogP contribution in [0.1, 0.15) is 0 Å². The molecule has 0 amide bonds. The van der Waals surface area contributed by atoms with Gasteiger partial charge in [0.2, 0.25) is 0 Å². The summed E-state index contributed by atoms with van der Waals surface area (Å²) in [6, 6.07) is 14.9. The first kappa shape index (κ1) is 18.3. The third-order valence-electron chi connectivity index (χ3n) is 3.61. The molecule has 0 atom stereocenters. The van der Waals surface area contributed by atoms with Gasteiger partial charge in [-0.1, -0.05) is 23.4 Å². The van der Waals surface area contributed by atoms with E-state index in [4.69, 9.17) is 21.1 Å². The third-order valence-corrected chi connectivity index (χ3v) is 4.77. The molecule has 2 aromatic carbocycles. The third kappa shape index (κ3) is 4.00. The van der Waals surface area contributed by atoms with Crippen molar-refractivity contribution >= 4 is 29.3 Å². The molecule has 0 spiro atoms. The molecule has 0 saturated heterocycles. The maximum Gasteiger partial charge on any atom is 0.316 e. The summed E-state index contributed by atoms with van der Waals surface area (Å²) in [6.07, 6.45) is 0. The molecular formula is C18H16ClN3O3S. The summed E-state index contributed by atoms with van der Waals surface area (Å²) in [5.41, 5.74) is 1.72. The van der Waals surface area contributed by atoms with E-state index >= 15 is 0 Å². The minimum Gasteiger partial charge on any atom is -0.497 e. The summed E-state index contributed by atoms with van der Waals surface area (Å²) in [7, 11) is 2.97. The van der Waals surface area contributed by atoms with Crippen LogP contribution >= 0.6 is 23.4 Å². The van der Waals surface area contributed by atoms with Crippen LogP contribution in [0, 0.1) is 0 Å². The molecule has 6 nitrogen and oxygen atoms in total. The van der Waals surface area contributed by atoms with Crippen molar-refractivity contribution in [2.45, 2.75) is 5.16 Å². The molecule has 26 heavy (non-hydrogen) atoms. The van der Waals surface area contributed by atoms with Crippen LogP contribution in [0.15, 0.2) is 53.7 Å². The normalized spacial score (nSPS) is 10.6. The summed E-state index contributed by atoms with van der Waals surface area (Å²) in [5.74, 6) is 1.23. The zero-order valence-corrected chi connectivity index (χ0v) is 15.8. The van der Waals surface area contributed by atoms with Gasteiger partial charge in [0, 0.05) is 16.3 Å². The van der Waals surface area contributed by atoms with Crippen LogP contribution in [0.5, 0.6) is 5.75 Å². The van der Waals surface area contributed by atoms with Gasteiger partial charge in [-0.25, -0.2) is 0 Å². The van der Waals surface area contributed by atoms with E-state index in [1.807, 2.05) is 41.0 Å². The van der Waals surface area contributed by atoms with Crippen molar-refractivity contribution in [1.82, 2.24) is 14.8 Å². The fourth-order valence-electron chi connectivity index (χ4n) is 2.30. The zero-order valence-electron chi connectivity index (χ0n) is 14.2. The Balaban J connectivity index is 2.04. The minimum absolute atomic E-state index is 0.144. The number of hydrogen-bond donors (Lipinski definition) is 0. The van der Waals surface area contributed by atoms with Gasteiger partial charge in [0.15, 0.2) is 11.0 Å². The molecule has 0 saturated carbocycles. The number of carbonyl (C=O) groups excluding carboxylic acids is 1. The van der Waals surface area contributed by atoms with Crippen molar-refractivity contribution in [3.8, 4) is 22.8 Å². The van der Waals surface area contributed by atoms with Crippen LogP contribution < -0.4 is 4.74 Å². The average Bonchev–Trinajstić information content (AvgIpc) is 3.10. The highest BCUT2D eigenvalue weighted by molar-refractivity contribution is 7.99. The Bertz CT molecular complexity index is 895. The second-order valence-corrected chi connectivity index (χ2v) is 6.59. The lowest BCUT2D eigenvalue weighted by Crippen LogP contribution is -2.05. The van der Waals surface area contributed by atoms with Gasteiger partial charge in [-0.2, -0.15) is 0 Å². The van der Waals surface area contributed by atoms with E-state index < -0.39 is 0 Å². The molecule has 134 valence electrons. The molecule has 0 aliphatic heterocycles. The minimum atomic E-state index is -0.327. The molecule has 1 heterocycles. The van der Waals surface area contributed by atoms with Crippen molar-refractivity contribution in [1.29, 1.82) is 0 Å². The molecular weight excluding hydrogens is 374 g/mol. The Morgan fingerprint density at radius 2 is 1.77 bits per heavy atom. The van der Waals surface area contributed by atoms with Gasteiger partial charge in [-0.3, -0.25) is 9.36 Å². The van der Waals surface area contributed by atoms with Crippen LogP contribution in [-0.4, -0.2) is 40.7 Å². The maximum atomic E-state index is 11.5. The Hall–Kier alpha value is -2.51. The lowest BCUT2D eigenvalue weighted by molar-refractivity contribution is -0.137. The summed E-state index contributed by atoms with van der Waals surface area (Å²) in [5, 5.41) is 9.78. The summed E-state index contributed by atoms with van der Waals surface area (Å²) >= 11 is 7.26. The number of ether oxygens (including phenoxy) is 2. The molecule has 0 aliphatic rings. The van der Waals surface area contributed by atoms with E-state index in [2.05, 4.69) is 10.2 Å². The van der Waals surface area contributed by atoms with E-state index in [1.54, 1.807) is 19.2 Å². The summed E-state index contributed by atoms with van der Waals surface area (Å²) < 4.78 is 11.8. The lowest BCUT2D eigenvalue weighted by Gasteiger charge is -2.10. The molecule has 0 fully saturated rings. The Kier molecular flexibility index (Phi) is 5.80. The molecule has 1 aromatic heterocycles. The van der Waals surface area contributed by atoms with Crippen LogP contribution in [0.25, 0.3) is 17.1 Å². The van der Waals surface area contributed by atoms with E-state index in [-0.39, 0.29) is 11.7 Å². The van der Waals surface area contributed by atoms with E-state index in [9.17, 15) is 4.79 Å². The topological polar surface area (TPSA) is 66.2 Å². The number of halogens is 1. The van der Waals surface area contributed by atoms with Crippen molar-refractivity contribution in [3.63, 3.8) is 0 Å². The second-order valence-electron chi connectivity index (χ2n) is 5.21. The van der Waals surface area contributed by atoms with Gasteiger partial charge in [-0.05, 0) is 48.5 Å². The van der Waals surface area contributed by atoms with E-state index in [1.165, 1.54) is 18.9 Å². The van der Waals surface area contributed by atoms with Crippen LogP contribution in [-0.2, 0) is 9.53 Å². The van der Waals surface area contributed by atoms with Gasteiger partial charge < -0.3 is 9.47 Å². The van der Waals surface area contributed by atoms with E-state index in [0.717, 1.165) is 17.0 Å². The number of thioether (sulfide) groups is 1. The predicted molar refractivity (Wildman–Crippen MR) is 101 cm³/mol. The first-order chi connectivity index (χ1) is 12.6. The number of rotatable bonds is 6. The zero-order chi connectivity index (χ0) is 18.5. The quantitative estimate of drug-likeness (QED) is 0.471. The molecule has 3 aromatic rings. The number of hydrogen-bond acceptors (Lipinski definition) is 6. The van der Waals surface area contributed by atoms with Gasteiger partial charge in [0.25, 0.3) is 0 Å². The lowest BCUT2D eigenvalue weighted by atomic mass is 10.2. The highest BCUT2D eigenvalue weighted by Crippen LogP contribution is 2.29. The Labute approximate surface area is 160 Å². The first-order valence-corrected chi connectivity index (χ1v) is 9.04. The molecule has 0 radical (unpaired) electrons. The molecule has 0 bridgehead atoms. The fraction of sp³-hybridized carbons (Fsp3) is 0.167. The van der Waals surface area contributed by atoms with Crippen LogP contribution in [0.3, 0.4) is 0 Å². The van der Waals surface area contributed by atoms with Gasteiger partial charge in [0.05, 0.1) is 20.0 Å². The predicted octanol–water partition coefficient (Wildman–Crippen LogP) is 3.86. The van der Waals surface area contributed by atoms with Gasteiger partial charge >= 0.3 is 5.97 Å². The number of benzene rings is 2. The number of aromatic nitrogens is 3. The van der Waals surface area contributed by atoms with Crippen molar-refractivity contribution < 1.29 is 14.3 Å². The molecule has 0 N–H and O–H groups in total. The monoisotopic (exact) mass is 389 g/mol. The fourth-order valence-corrected chi connectivity index (χ4v) is 3.21. The number of carbonyl (C=O) groups is 1. The van der Waals surface area contributed by atoms with Crippen molar-refractivity contribution in [3.05, 3.63) is 53.6 Å². The largest absolute Gasteiger partial charge is 0.497 e. The van der Waals surface area contributed by atoms with Crippen molar-refractivity contribution in [2.24, 2.45) is 0 Å². The second kappa shape index (κ2) is 8.25. The average molecular weight is 390 g/mol. The number of nitrogens with zero attached hydrogens (tertiary/aromatic N) is 3. The Morgan fingerprint density at radius 3 is 2.38 bits per heavy atom. The highest BCUT2D eigenvalue weighted by atomic mass is 35.5. The SMILES string of the molecule is COC(=O)CSc1nnc(-c2ccc(OC)cc2)n1-c1ccc(Cl)cc1. The van der Waals surface area contributed by atoms with Crippen molar-refractivity contribution in [2.75, 3.05) is 20.0 Å². The number of esters is 1. The van der Waals surface area contributed by atoms with Crippen LogP contribution in [0.2, 0.25) is 5.02 Å². The molecule has 8 heteroatoms. The highest BCUT2D eigenvalue weighted by Gasteiger charge is 2.17. The standard InChI is InChI=1S/C18H16ClN3O3S/c1-24-15-9-3-12(4-10-15)17-20-21-18(26-11-16(23)25-2)22(17)14-7-5-13(19)6-8-14/h3-10H,11H2,1-2H3. The van der Waals surface area contributed by atoms with Crippen LogP contribution in [0.4, 0.5) is 0 Å². The Morgan fingerprint density at radius 1 is 1.08 bits per heavy atom. The molecule has 0 unspecified atom stereocenters. The first-order valence-electron chi connectivity index (χ1n) is 7.67. The van der Waals surface area contributed by atoms with Gasteiger partial charge in [0.1, 0.15) is 5.75 Å². The number of methoxy groups -OCH3 is 2. The van der Waals surface area contributed by atoms with E-state index in [0.29, 0.717) is 16.0 Å². The molecule has 3 rings (SSSR count). The van der Waals surface area contributed by atoms with Gasteiger partial charge in [-0.15, -0.1) is 10.2 Å². The summed E-state index contributed by atoms with van der Waals surface area (Å²) in [4.78, 5) is 11.5.